The van der Waals surface area contributed by atoms with Gasteiger partial charge in [0.1, 0.15) is 5.75 Å². The quantitative estimate of drug-likeness (QED) is 0.234. The molecule has 1 amide bonds. The molecule has 4 N–H and O–H groups in total. The van der Waals surface area contributed by atoms with E-state index in [0.717, 1.165) is 44.8 Å². The molecule has 0 aliphatic carbocycles. The van der Waals surface area contributed by atoms with Crippen LogP contribution in [-0.4, -0.2) is 37.8 Å². The zero-order valence-corrected chi connectivity index (χ0v) is 23.3. The zero-order valence-electron chi connectivity index (χ0n) is 23.3. The topological polar surface area (TPSA) is 124 Å². The van der Waals surface area contributed by atoms with Gasteiger partial charge in [-0.05, 0) is 67.6 Å². The Morgan fingerprint density at radius 1 is 0.953 bits per heavy atom. The number of amides is 1. The molecular formula is C33H28N8O2. The molecule has 2 aromatic heterocycles. The van der Waals surface area contributed by atoms with Crippen LogP contribution in [0.25, 0.3) is 28.0 Å². The number of imidazole rings is 1. The summed E-state index contributed by atoms with van der Waals surface area (Å²) in [4.78, 5) is 22.0. The highest BCUT2D eigenvalue weighted by Crippen LogP contribution is 2.37. The van der Waals surface area contributed by atoms with E-state index in [2.05, 4.69) is 10.6 Å². The lowest BCUT2D eigenvalue weighted by atomic mass is 10.1. The van der Waals surface area contributed by atoms with Crippen LogP contribution in [0.4, 0.5) is 11.6 Å². The second kappa shape index (κ2) is 10.8. The van der Waals surface area contributed by atoms with Crippen molar-refractivity contribution in [3.05, 3.63) is 120 Å². The van der Waals surface area contributed by atoms with Gasteiger partial charge in [0.05, 0.1) is 22.4 Å². The third-order valence-electron chi connectivity index (χ3n) is 7.22. The van der Waals surface area contributed by atoms with Crippen molar-refractivity contribution in [2.45, 2.75) is 13.1 Å². The Bertz CT molecular complexity index is 1960. The minimum atomic E-state index is -0.502. The molecule has 10 heteroatoms. The van der Waals surface area contributed by atoms with Gasteiger partial charge in [0, 0.05) is 23.0 Å². The number of hydrogen-bond donors (Lipinski definition) is 3. The third-order valence-corrected chi connectivity index (χ3v) is 7.22. The van der Waals surface area contributed by atoms with E-state index in [1.807, 2.05) is 125 Å². The molecule has 0 saturated carbocycles. The summed E-state index contributed by atoms with van der Waals surface area (Å²) in [5.41, 5.74) is 13.2. The zero-order chi connectivity index (χ0) is 29.3. The van der Waals surface area contributed by atoms with Crippen LogP contribution in [0, 0.1) is 6.92 Å². The molecule has 6 aromatic rings. The van der Waals surface area contributed by atoms with Gasteiger partial charge in [0.2, 0.25) is 5.95 Å². The molecule has 1 aliphatic rings. The van der Waals surface area contributed by atoms with Crippen molar-refractivity contribution < 1.29 is 9.53 Å². The molecule has 0 spiro atoms. The number of rotatable bonds is 7. The molecule has 0 fully saturated rings. The van der Waals surface area contributed by atoms with Crippen molar-refractivity contribution in [2.75, 3.05) is 17.2 Å². The van der Waals surface area contributed by atoms with Crippen LogP contribution in [0.5, 0.6) is 5.75 Å². The maximum atomic E-state index is 12.4. The molecule has 4 aromatic carbocycles. The number of nitrogens with one attached hydrogen (secondary N) is 2. The summed E-state index contributed by atoms with van der Waals surface area (Å²) in [5, 5.41) is 10.9. The Hall–Kier alpha value is -5.90. The first-order valence-electron chi connectivity index (χ1n) is 13.8. The number of benzene rings is 4. The van der Waals surface area contributed by atoms with Crippen LogP contribution >= 0.6 is 0 Å². The lowest BCUT2D eigenvalue weighted by Gasteiger charge is -2.23. The molecular weight excluding hydrogens is 540 g/mol. The smallest absolute Gasteiger partial charge is 0.262 e. The number of fused-ring (bicyclic) bond motifs is 3. The molecule has 0 bridgehead atoms. The SMILES string of the molecule is Cc1ccc(NC(=O)COc2ccc(-c3nn(-c4ccccc4)cc3C3N=C(N)Nc4nc5ccccc5n43)cc2)cc1. The van der Waals surface area contributed by atoms with E-state index >= 15 is 0 Å². The molecule has 1 atom stereocenters. The average Bonchev–Trinajstić information content (AvgIpc) is 3.64. The van der Waals surface area contributed by atoms with Gasteiger partial charge in [0.15, 0.2) is 18.7 Å². The molecule has 43 heavy (non-hydrogen) atoms. The van der Waals surface area contributed by atoms with Crippen LogP contribution < -0.4 is 21.1 Å². The Morgan fingerprint density at radius 2 is 1.70 bits per heavy atom. The van der Waals surface area contributed by atoms with E-state index < -0.39 is 6.17 Å². The van der Waals surface area contributed by atoms with Crippen molar-refractivity contribution in [1.82, 2.24) is 19.3 Å². The number of aliphatic imine (C=N–C) groups is 1. The van der Waals surface area contributed by atoms with Crippen molar-refractivity contribution in [3.63, 3.8) is 0 Å². The number of anilines is 2. The number of guanidine groups is 1. The van der Waals surface area contributed by atoms with Gasteiger partial charge in [-0.15, -0.1) is 0 Å². The highest BCUT2D eigenvalue weighted by Gasteiger charge is 2.29. The van der Waals surface area contributed by atoms with Crippen LogP contribution in [-0.2, 0) is 4.79 Å². The summed E-state index contributed by atoms with van der Waals surface area (Å²) in [6.45, 7) is 1.89. The number of nitrogens with two attached hydrogens (primary N) is 1. The van der Waals surface area contributed by atoms with Gasteiger partial charge < -0.3 is 15.8 Å². The second-order valence-electron chi connectivity index (χ2n) is 10.2. The van der Waals surface area contributed by atoms with Gasteiger partial charge in [-0.25, -0.2) is 14.7 Å². The van der Waals surface area contributed by atoms with Gasteiger partial charge >= 0.3 is 0 Å². The molecule has 212 valence electrons. The average molecular weight is 569 g/mol. The first-order valence-corrected chi connectivity index (χ1v) is 13.8. The number of carbonyl (C=O) groups excluding carboxylic acids is 1. The fourth-order valence-electron chi connectivity index (χ4n) is 5.13. The number of aryl methyl sites for hydroxylation is 1. The Balaban J connectivity index is 1.21. The largest absolute Gasteiger partial charge is 0.484 e. The Kier molecular flexibility index (Phi) is 6.55. The van der Waals surface area contributed by atoms with Gasteiger partial charge in [0.25, 0.3) is 5.91 Å². The molecule has 1 aliphatic heterocycles. The maximum absolute atomic E-state index is 12.4. The van der Waals surface area contributed by atoms with Crippen LogP contribution in [0.15, 0.2) is 114 Å². The molecule has 0 radical (unpaired) electrons. The molecule has 7 rings (SSSR count). The van der Waals surface area contributed by atoms with E-state index in [4.69, 9.17) is 25.5 Å². The van der Waals surface area contributed by atoms with Gasteiger partial charge in [-0.3, -0.25) is 14.7 Å². The Labute approximate surface area is 247 Å². The van der Waals surface area contributed by atoms with E-state index in [-0.39, 0.29) is 18.5 Å². The molecule has 0 saturated heterocycles. The van der Waals surface area contributed by atoms with Crippen molar-refractivity contribution >= 4 is 34.5 Å². The van der Waals surface area contributed by atoms with Crippen LogP contribution in [0.2, 0.25) is 0 Å². The van der Waals surface area contributed by atoms with Crippen molar-refractivity contribution in [3.8, 4) is 22.7 Å². The highest BCUT2D eigenvalue weighted by molar-refractivity contribution is 5.95. The van der Waals surface area contributed by atoms with Crippen molar-refractivity contribution in [1.29, 1.82) is 0 Å². The fourth-order valence-corrected chi connectivity index (χ4v) is 5.13. The number of aromatic nitrogens is 4. The second-order valence-corrected chi connectivity index (χ2v) is 10.2. The van der Waals surface area contributed by atoms with Gasteiger partial charge in [-0.1, -0.05) is 48.0 Å². The number of hydrogen-bond acceptors (Lipinski definition) is 7. The predicted octanol–water partition coefficient (Wildman–Crippen LogP) is 5.50. The Morgan fingerprint density at radius 3 is 2.49 bits per heavy atom. The normalized spacial score (nSPS) is 14.1. The highest BCUT2D eigenvalue weighted by atomic mass is 16.5. The lowest BCUT2D eigenvalue weighted by molar-refractivity contribution is -0.118. The summed E-state index contributed by atoms with van der Waals surface area (Å²) >= 11 is 0. The van der Waals surface area contributed by atoms with E-state index in [0.29, 0.717) is 11.7 Å². The van der Waals surface area contributed by atoms with Crippen LogP contribution in [0.1, 0.15) is 17.3 Å². The summed E-state index contributed by atoms with van der Waals surface area (Å²) in [6.07, 6.45) is 1.48. The number of para-hydroxylation sites is 3. The van der Waals surface area contributed by atoms with Gasteiger partial charge in [-0.2, -0.15) is 5.10 Å². The number of ether oxygens (including phenoxy) is 1. The number of nitrogens with zero attached hydrogens (tertiary/aromatic N) is 5. The first kappa shape index (κ1) is 26.0. The molecule has 3 heterocycles. The summed E-state index contributed by atoms with van der Waals surface area (Å²) < 4.78 is 9.66. The first-order chi connectivity index (χ1) is 21.0. The minimum absolute atomic E-state index is 0.110. The van der Waals surface area contributed by atoms with E-state index in [9.17, 15) is 4.79 Å². The molecule has 1 unspecified atom stereocenters. The maximum Gasteiger partial charge on any atom is 0.262 e. The van der Waals surface area contributed by atoms with Crippen molar-refractivity contribution in [2.24, 2.45) is 10.7 Å². The fraction of sp³-hybridized carbons (Fsp3) is 0.0909. The standard InChI is InChI=1S/C33H28N8O2/c1-21-11-15-23(16-12-21)35-29(42)20-43-25-17-13-22(14-18-25)30-26(19-40(39-30)24-7-3-2-4-8-24)31-37-32(34)38-33-36-27-9-5-6-10-28(27)41(31)33/h2-19,31H,20H2,1H3,(H,35,42)(H3,34,36,37,38). The predicted molar refractivity (Wildman–Crippen MR) is 167 cm³/mol. The lowest BCUT2D eigenvalue weighted by Crippen LogP contribution is -2.31. The van der Waals surface area contributed by atoms with E-state index in [1.54, 1.807) is 0 Å². The number of carbonyl (C=O) groups is 1. The summed E-state index contributed by atoms with van der Waals surface area (Å²) in [5.74, 6) is 1.23. The third kappa shape index (κ3) is 5.17. The summed E-state index contributed by atoms with van der Waals surface area (Å²) in [7, 11) is 0. The molecule has 10 nitrogen and oxygen atoms in total. The minimum Gasteiger partial charge on any atom is -0.484 e. The monoisotopic (exact) mass is 568 g/mol. The summed E-state index contributed by atoms with van der Waals surface area (Å²) in [6, 6.07) is 32.9. The van der Waals surface area contributed by atoms with E-state index in [1.165, 1.54) is 0 Å². The van der Waals surface area contributed by atoms with Crippen LogP contribution in [0.3, 0.4) is 0 Å².